The van der Waals surface area contributed by atoms with Crippen LogP contribution >= 0.6 is 0 Å². The lowest BCUT2D eigenvalue weighted by molar-refractivity contribution is -0.136. The fourth-order valence-electron chi connectivity index (χ4n) is 4.22. The van der Waals surface area contributed by atoms with E-state index in [-0.39, 0.29) is 22.6 Å². The molecule has 0 saturated heterocycles. The predicted octanol–water partition coefficient (Wildman–Crippen LogP) is 5.56. The van der Waals surface area contributed by atoms with Crippen molar-refractivity contribution in [3.8, 4) is 0 Å². The van der Waals surface area contributed by atoms with Gasteiger partial charge in [0, 0.05) is 23.7 Å². The number of rotatable bonds is 6. The summed E-state index contributed by atoms with van der Waals surface area (Å²) in [5.41, 5.74) is -1.06. The number of benzene rings is 2. The van der Waals surface area contributed by atoms with Crippen molar-refractivity contribution >= 4 is 16.7 Å². The van der Waals surface area contributed by atoms with Crippen LogP contribution in [0, 0.1) is 30.3 Å². The quantitative estimate of drug-likeness (QED) is 0.468. The fourth-order valence-corrected chi connectivity index (χ4v) is 4.22. The van der Waals surface area contributed by atoms with Gasteiger partial charge in [-0.1, -0.05) is 12.1 Å². The second kappa shape index (κ2) is 8.81. The molecule has 0 unspecified atom stereocenters. The summed E-state index contributed by atoms with van der Waals surface area (Å²) >= 11 is 0. The molecule has 1 atom stereocenters. The highest BCUT2D eigenvalue weighted by molar-refractivity contribution is 6.08. The molecule has 1 amide bonds. The number of pyridine rings is 1. The number of nitrogens with one attached hydrogen (secondary N) is 1. The molecule has 1 saturated carbocycles. The summed E-state index contributed by atoms with van der Waals surface area (Å²) in [6.07, 6.45) is -4.46. The smallest absolute Gasteiger partial charge is 0.345 e. The summed E-state index contributed by atoms with van der Waals surface area (Å²) in [7, 11) is 0. The maximum absolute atomic E-state index is 14.6. The van der Waals surface area contributed by atoms with Crippen molar-refractivity contribution in [2.24, 2.45) is 5.92 Å². The highest BCUT2D eigenvalue weighted by Gasteiger charge is 2.35. The van der Waals surface area contributed by atoms with Crippen molar-refractivity contribution in [3.63, 3.8) is 0 Å². The minimum atomic E-state index is -4.60. The molecule has 10 heteroatoms. The van der Waals surface area contributed by atoms with Crippen LogP contribution in [-0.2, 0) is 6.54 Å². The minimum absolute atomic E-state index is 0.00178. The van der Waals surface area contributed by atoms with Crippen LogP contribution in [0.3, 0.4) is 0 Å². The zero-order chi connectivity index (χ0) is 24.8. The van der Waals surface area contributed by atoms with E-state index in [0.717, 1.165) is 18.9 Å². The normalized spacial score (nSPS) is 14.9. The Balaban J connectivity index is 1.84. The van der Waals surface area contributed by atoms with E-state index in [0.29, 0.717) is 16.2 Å². The number of carbonyl (C=O) groups is 1. The van der Waals surface area contributed by atoms with Crippen molar-refractivity contribution in [2.75, 3.05) is 0 Å². The molecule has 0 aliphatic heterocycles. The van der Waals surface area contributed by atoms with Gasteiger partial charge in [-0.15, -0.1) is 0 Å². The number of nitrogens with zero attached hydrogens (tertiary/aromatic N) is 1. The van der Waals surface area contributed by atoms with Crippen molar-refractivity contribution in [3.05, 3.63) is 81.0 Å². The van der Waals surface area contributed by atoms with Gasteiger partial charge >= 0.3 is 6.18 Å². The van der Waals surface area contributed by atoms with Gasteiger partial charge in [0.15, 0.2) is 0 Å². The molecule has 2 aromatic carbocycles. The maximum atomic E-state index is 14.6. The highest BCUT2D eigenvalue weighted by atomic mass is 19.4. The van der Waals surface area contributed by atoms with E-state index in [9.17, 15) is 35.9 Å². The van der Waals surface area contributed by atoms with Crippen LogP contribution in [0.5, 0.6) is 0 Å². The summed E-state index contributed by atoms with van der Waals surface area (Å²) in [5.74, 6) is -3.66. The van der Waals surface area contributed by atoms with Crippen LogP contribution in [0.2, 0.25) is 0 Å². The second-order valence-corrected chi connectivity index (χ2v) is 8.44. The van der Waals surface area contributed by atoms with E-state index in [1.54, 1.807) is 6.07 Å². The number of aromatic nitrogens is 1. The molecule has 0 bridgehead atoms. The summed E-state index contributed by atoms with van der Waals surface area (Å²) in [4.78, 5) is 26.2. The zero-order valence-corrected chi connectivity index (χ0v) is 18.0. The van der Waals surface area contributed by atoms with Crippen LogP contribution in [0.15, 0.2) is 41.2 Å². The number of carbonyl (C=O) groups excluding carboxylic acids is 1. The highest BCUT2D eigenvalue weighted by Crippen LogP contribution is 2.41. The van der Waals surface area contributed by atoms with Crippen LogP contribution < -0.4 is 10.9 Å². The Morgan fingerprint density at radius 2 is 1.82 bits per heavy atom. The van der Waals surface area contributed by atoms with Gasteiger partial charge in [-0.2, -0.15) is 13.2 Å². The molecule has 1 aliphatic carbocycles. The molecular formula is C24H20F6N2O2. The lowest BCUT2D eigenvalue weighted by Crippen LogP contribution is -2.34. The molecule has 1 heterocycles. The number of amides is 1. The van der Waals surface area contributed by atoms with E-state index in [2.05, 4.69) is 5.32 Å². The third-order valence-electron chi connectivity index (χ3n) is 5.98. The summed E-state index contributed by atoms with van der Waals surface area (Å²) in [6, 6.07) is 6.24. The minimum Gasteiger partial charge on any atom is -0.345 e. The first-order chi connectivity index (χ1) is 16.0. The first-order valence-electron chi connectivity index (χ1n) is 10.6. The van der Waals surface area contributed by atoms with Crippen molar-refractivity contribution in [2.45, 2.75) is 44.9 Å². The Hall–Kier alpha value is -3.30. The predicted molar refractivity (Wildman–Crippen MR) is 113 cm³/mol. The third kappa shape index (κ3) is 4.80. The number of hydrogen-bond donors (Lipinski definition) is 1. The van der Waals surface area contributed by atoms with Crippen LogP contribution in [-0.4, -0.2) is 16.7 Å². The molecule has 0 spiro atoms. The van der Waals surface area contributed by atoms with Gasteiger partial charge in [0.2, 0.25) is 0 Å². The molecule has 0 radical (unpaired) electrons. The van der Waals surface area contributed by atoms with Gasteiger partial charge in [-0.05, 0) is 49.4 Å². The van der Waals surface area contributed by atoms with E-state index >= 15 is 0 Å². The SMILES string of the molecule is Cc1c(C(=O)N[C@H](c2cccc(F)c2)C2CC2)c2cc(F)cc(F)c2c(=O)n1CCC(F)(F)F. The molecule has 34 heavy (non-hydrogen) atoms. The van der Waals surface area contributed by atoms with E-state index in [1.807, 2.05) is 0 Å². The molecule has 1 N–H and O–H groups in total. The van der Waals surface area contributed by atoms with Crippen LogP contribution in [0.25, 0.3) is 10.8 Å². The fraction of sp³-hybridized carbons (Fsp3) is 0.333. The number of alkyl halides is 3. The molecule has 1 aromatic heterocycles. The molecule has 4 rings (SSSR count). The lowest BCUT2D eigenvalue weighted by Gasteiger charge is -2.22. The van der Waals surface area contributed by atoms with Crippen molar-refractivity contribution in [1.82, 2.24) is 9.88 Å². The Bertz CT molecular complexity index is 1330. The van der Waals surface area contributed by atoms with Crippen LogP contribution in [0.1, 0.15) is 46.9 Å². The van der Waals surface area contributed by atoms with Gasteiger partial charge in [0.05, 0.1) is 23.4 Å². The molecule has 3 aromatic rings. The van der Waals surface area contributed by atoms with E-state index < -0.39 is 59.5 Å². The average molecular weight is 482 g/mol. The molecule has 1 aliphatic rings. The van der Waals surface area contributed by atoms with Crippen molar-refractivity contribution < 1.29 is 31.1 Å². The number of hydrogen-bond acceptors (Lipinski definition) is 2. The molecule has 4 nitrogen and oxygen atoms in total. The maximum Gasteiger partial charge on any atom is 0.390 e. The lowest BCUT2D eigenvalue weighted by atomic mass is 9.99. The zero-order valence-electron chi connectivity index (χ0n) is 18.0. The average Bonchev–Trinajstić information content (AvgIpc) is 3.55. The van der Waals surface area contributed by atoms with Gasteiger partial charge in [-0.3, -0.25) is 9.59 Å². The Labute approximate surface area is 190 Å². The van der Waals surface area contributed by atoms with Gasteiger partial charge in [0.25, 0.3) is 11.5 Å². The van der Waals surface area contributed by atoms with E-state index in [1.165, 1.54) is 25.1 Å². The summed E-state index contributed by atoms with van der Waals surface area (Å²) in [6.45, 7) is 0.417. The van der Waals surface area contributed by atoms with Crippen molar-refractivity contribution in [1.29, 1.82) is 0 Å². The van der Waals surface area contributed by atoms with Crippen LogP contribution in [0.4, 0.5) is 26.3 Å². The Kier molecular flexibility index (Phi) is 6.18. The molecule has 1 fully saturated rings. The molecule has 180 valence electrons. The third-order valence-corrected chi connectivity index (χ3v) is 5.98. The monoisotopic (exact) mass is 482 g/mol. The topological polar surface area (TPSA) is 51.1 Å². The number of halogens is 6. The summed E-state index contributed by atoms with van der Waals surface area (Å²) < 4.78 is 81.7. The first-order valence-corrected chi connectivity index (χ1v) is 10.6. The van der Waals surface area contributed by atoms with Gasteiger partial charge < -0.3 is 9.88 Å². The standard InChI is InChI=1S/C24H20F6N2O2/c1-12-19(22(33)31-21(13-5-6-13)14-3-2-4-15(25)9-14)17-10-16(26)11-18(27)20(17)23(34)32(12)8-7-24(28,29)30/h2-4,9-11,13,21H,5-8H2,1H3,(H,31,33)/t21-/m0/s1. The number of fused-ring (bicyclic) bond motifs is 1. The van der Waals surface area contributed by atoms with Gasteiger partial charge in [-0.25, -0.2) is 13.2 Å². The van der Waals surface area contributed by atoms with E-state index in [4.69, 9.17) is 0 Å². The van der Waals surface area contributed by atoms with Gasteiger partial charge in [0.1, 0.15) is 17.5 Å². The Morgan fingerprint density at radius 1 is 1.12 bits per heavy atom. The first kappa shape index (κ1) is 23.8. The Morgan fingerprint density at radius 3 is 2.44 bits per heavy atom. The largest absolute Gasteiger partial charge is 0.390 e. The summed E-state index contributed by atoms with van der Waals surface area (Å²) in [5, 5.41) is 1.73. The molecular weight excluding hydrogens is 462 g/mol. The second-order valence-electron chi connectivity index (χ2n) is 8.44.